The molecule has 106 valence electrons. The van der Waals surface area contributed by atoms with Gasteiger partial charge in [0.15, 0.2) is 0 Å². The van der Waals surface area contributed by atoms with E-state index in [0.29, 0.717) is 19.4 Å². The Morgan fingerprint density at radius 3 is 2.94 bits per heavy atom. The summed E-state index contributed by atoms with van der Waals surface area (Å²) in [5.41, 5.74) is 6.13. The van der Waals surface area contributed by atoms with Crippen molar-refractivity contribution in [2.45, 2.75) is 50.2 Å². The van der Waals surface area contributed by atoms with Crippen molar-refractivity contribution in [3.63, 3.8) is 0 Å². The van der Waals surface area contributed by atoms with Gasteiger partial charge in [-0.2, -0.15) is 0 Å². The van der Waals surface area contributed by atoms with Crippen LogP contribution < -0.4 is 5.73 Å². The fourth-order valence-electron chi connectivity index (χ4n) is 3.08. The Labute approximate surface area is 108 Å². The van der Waals surface area contributed by atoms with E-state index in [1.807, 2.05) is 7.05 Å². The zero-order chi connectivity index (χ0) is 13.2. The minimum absolute atomic E-state index is 0.000649. The van der Waals surface area contributed by atoms with Crippen LogP contribution >= 0.6 is 0 Å². The van der Waals surface area contributed by atoms with Gasteiger partial charge in [0.1, 0.15) is 0 Å². The predicted molar refractivity (Wildman–Crippen MR) is 66.7 cm³/mol. The molecular weight excluding hydrogens is 238 g/mol. The molecule has 1 aliphatic heterocycles. The lowest BCUT2D eigenvalue weighted by Crippen LogP contribution is -2.50. The summed E-state index contributed by atoms with van der Waals surface area (Å²) in [6.07, 6.45) is 2.21. The van der Waals surface area contributed by atoms with E-state index in [4.69, 9.17) is 10.5 Å². The van der Waals surface area contributed by atoms with Crippen LogP contribution in [0.25, 0.3) is 0 Å². The topological polar surface area (TPSA) is 38.5 Å². The summed E-state index contributed by atoms with van der Waals surface area (Å²) in [6, 6.07) is -0.119. The van der Waals surface area contributed by atoms with E-state index < -0.39 is 5.92 Å². The number of likely N-dealkylation sites (N-methyl/N-ethyl adjacent to an activating group) is 1. The van der Waals surface area contributed by atoms with Gasteiger partial charge in [0.2, 0.25) is 5.92 Å². The second-order valence-corrected chi connectivity index (χ2v) is 5.89. The van der Waals surface area contributed by atoms with Gasteiger partial charge < -0.3 is 15.4 Å². The first-order chi connectivity index (χ1) is 8.46. The summed E-state index contributed by atoms with van der Waals surface area (Å²) in [5.74, 6) is -2.42. The Hall–Kier alpha value is -0.260. The molecule has 18 heavy (non-hydrogen) atoms. The van der Waals surface area contributed by atoms with Gasteiger partial charge in [0.05, 0.1) is 12.7 Å². The molecule has 3 nitrogen and oxygen atoms in total. The number of nitrogens with zero attached hydrogens (tertiary/aromatic N) is 1. The zero-order valence-electron chi connectivity index (χ0n) is 11.1. The lowest BCUT2D eigenvalue weighted by atomic mass is 9.82. The minimum atomic E-state index is -2.48. The van der Waals surface area contributed by atoms with Crippen molar-refractivity contribution in [3.8, 4) is 0 Å². The highest BCUT2D eigenvalue weighted by molar-refractivity contribution is 4.85. The third kappa shape index (κ3) is 3.87. The Morgan fingerprint density at radius 1 is 1.50 bits per heavy atom. The van der Waals surface area contributed by atoms with E-state index in [2.05, 4.69) is 4.90 Å². The van der Waals surface area contributed by atoms with E-state index in [9.17, 15) is 8.78 Å². The number of halogens is 2. The molecular formula is C13H24F2N2O. The lowest BCUT2D eigenvalue weighted by Gasteiger charge is -2.36. The zero-order valence-corrected chi connectivity index (χ0v) is 11.1. The molecule has 2 fully saturated rings. The Morgan fingerprint density at radius 2 is 2.28 bits per heavy atom. The van der Waals surface area contributed by atoms with Crippen molar-refractivity contribution in [2.75, 3.05) is 26.7 Å². The van der Waals surface area contributed by atoms with Gasteiger partial charge in [-0.3, -0.25) is 0 Å². The number of nitrogens with two attached hydrogens (primary N) is 1. The predicted octanol–water partition coefficient (Wildman–Crippen LogP) is 1.86. The highest BCUT2D eigenvalue weighted by Crippen LogP contribution is 2.38. The van der Waals surface area contributed by atoms with Crippen LogP contribution in [-0.4, -0.2) is 49.7 Å². The molecule has 5 heteroatoms. The molecule has 2 N–H and O–H groups in total. The number of hydrogen-bond acceptors (Lipinski definition) is 3. The maximum atomic E-state index is 13.3. The molecule has 0 amide bonds. The average Bonchev–Trinajstić information content (AvgIpc) is 2.27. The van der Waals surface area contributed by atoms with Crippen molar-refractivity contribution in [3.05, 3.63) is 0 Å². The largest absolute Gasteiger partial charge is 0.374 e. The summed E-state index contributed by atoms with van der Waals surface area (Å²) in [7, 11) is 2.04. The van der Waals surface area contributed by atoms with Gasteiger partial charge in [-0.1, -0.05) is 0 Å². The number of morpholine rings is 1. The molecule has 1 saturated heterocycles. The van der Waals surface area contributed by atoms with Crippen LogP contribution in [0.1, 0.15) is 32.1 Å². The summed E-state index contributed by atoms with van der Waals surface area (Å²) in [4.78, 5) is 2.18. The quantitative estimate of drug-likeness (QED) is 0.843. The van der Waals surface area contributed by atoms with E-state index in [-0.39, 0.29) is 30.9 Å². The van der Waals surface area contributed by atoms with Gasteiger partial charge >= 0.3 is 0 Å². The van der Waals surface area contributed by atoms with Crippen molar-refractivity contribution < 1.29 is 13.5 Å². The maximum absolute atomic E-state index is 13.3. The van der Waals surface area contributed by atoms with Gasteiger partial charge in [0, 0.05) is 32.0 Å². The Bertz CT molecular complexity index is 276. The summed E-state index contributed by atoms with van der Waals surface area (Å²) in [5, 5.41) is 0. The van der Waals surface area contributed by atoms with Crippen molar-refractivity contribution in [1.29, 1.82) is 0 Å². The third-order valence-electron chi connectivity index (χ3n) is 4.12. The van der Waals surface area contributed by atoms with Gasteiger partial charge in [-0.25, -0.2) is 8.78 Å². The number of alkyl halides is 2. The first-order valence-corrected chi connectivity index (χ1v) is 6.90. The van der Waals surface area contributed by atoms with Crippen LogP contribution in [0.5, 0.6) is 0 Å². The molecule has 0 aromatic heterocycles. The van der Waals surface area contributed by atoms with Crippen LogP contribution in [0.15, 0.2) is 0 Å². The monoisotopic (exact) mass is 262 g/mol. The second kappa shape index (κ2) is 5.80. The van der Waals surface area contributed by atoms with Crippen LogP contribution in [0.2, 0.25) is 0 Å². The average molecular weight is 262 g/mol. The highest BCUT2D eigenvalue weighted by atomic mass is 19.3. The summed E-state index contributed by atoms with van der Waals surface area (Å²) in [6.45, 7) is 2.42. The number of rotatable bonds is 3. The molecule has 3 unspecified atom stereocenters. The molecule has 0 bridgehead atoms. The first kappa shape index (κ1) is 14.2. The SMILES string of the molecule is CN1CCOC(C(N)CC2CCCC(F)(F)C2)C1. The lowest BCUT2D eigenvalue weighted by molar-refractivity contribution is -0.0645. The normalized spacial score (nSPS) is 35.3. The Kier molecular flexibility index (Phi) is 4.56. The van der Waals surface area contributed by atoms with E-state index in [0.717, 1.165) is 19.5 Å². The molecule has 3 atom stereocenters. The van der Waals surface area contributed by atoms with Crippen LogP contribution in [0.4, 0.5) is 8.78 Å². The number of hydrogen-bond donors (Lipinski definition) is 1. The summed E-state index contributed by atoms with van der Waals surface area (Å²) >= 11 is 0. The smallest absolute Gasteiger partial charge is 0.248 e. The van der Waals surface area contributed by atoms with Gasteiger partial charge in [0.25, 0.3) is 0 Å². The minimum Gasteiger partial charge on any atom is -0.374 e. The first-order valence-electron chi connectivity index (χ1n) is 6.90. The molecule has 1 aliphatic carbocycles. The molecule has 2 rings (SSSR count). The van der Waals surface area contributed by atoms with Gasteiger partial charge in [-0.05, 0) is 32.2 Å². The van der Waals surface area contributed by atoms with Crippen molar-refractivity contribution >= 4 is 0 Å². The fourth-order valence-corrected chi connectivity index (χ4v) is 3.08. The van der Waals surface area contributed by atoms with Crippen LogP contribution in [0.3, 0.4) is 0 Å². The molecule has 1 heterocycles. The van der Waals surface area contributed by atoms with Crippen LogP contribution in [0, 0.1) is 5.92 Å². The second-order valence-electron chi connectivity index (χ2n) is 5.89. The maximum Gasteiger partial charge on any atom is 0.248 e. The van der Waals surface area contributed by atoms with Crippen LogP contribution in [-0.2, 0) is 4.74 Å². The molecule has 1 saturated carbocycles. The Balaban J connectivity index is 1.81. The fraction of sp³-hybridized carbons (Fsp3) is 1.00. The third-order valence-corrected chi connectivity index (χ3v) is 4.12. The number of ether oxygens (including phenoxy) is 1. The highest BCUT2D eigenvalue weighted by Gasteiger charge is 2.37. The molecule has 0 radical (unpaired) electrons. The molecule has 2 aliphatic rings. The molecule has 0 spiro atoms. The van der Waals surface area contributed by atoms with Crippen molar-refractivity contribution in [1.82, 2.24) is 4.90 Å². The van der Waals surface area contributed by atoms with Gasteiger partial charge in [-0.15, -0.1) is 0 Å². The van der Waals surface area contributed by atoms with E-state index >= 15 is 0 Å². The standard InChI is InChI=1S/C13H24F2N2O/c1-17-5-6-18-12(9-17)11(16)7-10-3-2-4-13(14,15)8-10/h10-12H,2-9,16H2,1H3. The van der Waals surface area contributed by atoms with Crippen molar-refractivity contribution in [2.24, 2.45) is 11.7 Å². The van der Waals surface area contributed by atoms with E-state index in [1.165, 1.54) is 0 Å². The molecule has 0 aromatic carbocycles. The molecule has 0 aromatic rings. The summed E-state index contributed by atoms with van der Waals surface area (Å²) < 4.78 is 32.3. The van der Waals surface area contributed by atoms with E-state index in [1.54, 1.807) is 0 Å².